The predicted molar refractivity (Wildman–Crippen MR) is 84.9 cm³/mol. The third kappa shape index (κ3) is 3.64. The van der Waals surface area contributed by atoms with Gasteiger partial charge in [0.1, 0.15) is 5.75 Å². The fraction of sp³-hybridized carbons (Fsp3) is 0.250. The number of nitrogens with one attached hydrogen (secondary N) is 1. The topological polar surface area (TPSA) is 38.3 Å². The highest BCUT2D eigenvalue weighted by atomic mass is 31.2. The Morgan fingerprint density at radius 2 is 1.50 bits per heavy atom. The molecule has 0 fully saturated rings. The quantitative estimate of drug-likeness (QED) is 0.811. The molecule has 0 saturated heterocycles. The van der Waals surface area contributed by atoms with Gasteiger partial charge >= 0.3 is 7.52 Å². The van der Waals surface area contributed by atoms with Gasteiger partial charge in [0.2, 0.25) is 0 Å². The summed E-state index contributed by atoms with van der Waals surface area (Å²) in [6.45, 7) is 7.52. The van der Waals surface area contributed by atoms with E-state index in [1.807, 2.05) is 63.2 Å². The monoisotopic (exact) mass is 289 g/mol. The lowest BCUT2D eigenvalue weighted by Gasteiger charge is -2.20. The van der Waals surface area contributed by atoms with Crippen molar-refractivity contribution in [3.8, 4) is 5.75 Å². The Hall–Kier alpha value is -1.73. The zero-order chi connectivity index (χ0) is 14.8. The van der Waals surface area contributed by atoms with Crippen LogP contribution in [0.3, 0.4) is 0 Å². The normalized spacial score (nSPS) is 13.6. The second-order valence-corrected chi connectivity index (χ2v) is 7.23. The number of hydrogen-bond acceptors (Lipinski definition) is 2. The molecule has 2 rings (SSSR count). The molecule has 0 amide bonds. The maximum atomic E-state index is 12.6. The number of aryl methyl sites for hydroxylation is 3. The summed E-state index contributed by atoms with van der Waals surface area (Å²) >= 11 is 0. The van der Waals surface area contributed by atoms with Crippen molar-refractivity contribution in [2.24, 2.45) is 0 Å². The Kier molecular flexibility index (Phi) is 4.20. The molecule has 1 unspecified atom stereocenters. The standard InChI is InChI=1S/C16H20NO2P/c1-12-8-10-15(11-9-12)17-20(4,18)19-16-13(2)6-5-7-14(16)3/h5-11H,1-4H3,(H,17,18). The van der Waals surface area contributed by atoms with Gasteiger partial charge in [-0.2, -0.15) is 0 Å². The van der Waals surface area contributed by atoms with Gasteiger partial charge in [0, 0.05) is 12.4 Å². The lowest BCUT2D eigenvalue weighted by molar-refractivity contribution is 0.490. The van der Waals surface area contributed by atoms with Gasteiger partial charge in [0.05, 0.1) is 0 Å². The smallest absolute Gasteiger partial charge is 0.338 e. The summed E-state index contributed by atoms with van der Waals surface area (Å²) in [6, 6.07) is 13.6. The Bertz CT molecular complexity index is 630. The van der Waals surface area contributed by atoms with Crippen molar-refractivity contribution in [3.05, 3.63) is 59.2 Å². The van der Waals surface area contributed by atoms with Crippen LogP contribution in [0.2, 0.25) is 0 Å². The number of hydrogen-bond donors (Lipinski definition) is 1. The van der Waals surface area contributed by atoms with Gasteiger partial charge in [-0.15, -0.1) is 0 Å². The summed E-state index contributed by atoms with van der Waals surface area (Å²) in [7, 11) is -2.96. The highest BCUT2D eigenvalue weighted by molar-refractivity contribution is 7.60. The SMILES string of the molecule is Cc1ccc(NP(C)(=O)Oc2c(C)cccc2C)cc1. The fourth-order valence-electron chi connectivity index (χ4n) is 2.00. The molecule has 2 aromatic carbocycles. The van der Waals surface area contributed by atoms with E-state index in [4.69, 9.17) is 4.52 Å². The van der Waals surface area contributed by atoms with Crippen LogP contribution in [0.15, 0.2) is 42.5 Å². The van der Waals surface area contributed by atoms with Crippen LogP contribution >= 0.6 is 7.52 Å². The van der Waals surface area contributed by atoms with Crippen LogP contribution in [0, 0.1) is 20.8 Å². The summed E-state index contributed by atoms with van der Waals surface area (Å²) < 4.78 is 18.4. The van der Waals surface area contributed by atoms with Gasteiger partial charge in [-0.05, 0) is 44.0 Å². The number of para-hydroxylation sites is 1. The van der Waals surface area contributed by atoms with Crippen molar-refractivity contribution in [2.45, 2.75) is 20.8 Å². The van der Waals surface area contributed by atoms with Crippen LogP contribution in [0.5, 0.6) is 5.75 Å². The summed E-state index contributed by atoms with van der Waals surface area (Å²) in [4.78, 5) is 0. The molecule has 0 radical (unpaired) electrons. The largest absolute Gasteiger partial charge is 0.429 e. The molecule has 0 aliphatic heterocycles. The molecule has 1 N–H and O–H groups in total. The summed E-state index contributed by atoms with van der Waals surface area (Å²) in [6.07, 6.45) is 0. The summed E-state index contributed by atoms with van der Waals surface area (Å²) in [5, 5.41) is 2.98. The van der Waals surface area contributed by atoms with Gasteiger partial charge in [-0.25, -0.2) is 0 Å². The Balaban J connectivity index is 2.19. The molecule has 0 heterocycles. The van der Waals surface area contributed by atoms with Gasteiger partial charge in [0.15, 0.2) is 0 Å². The van der Waals surface area contributed by atoms with Crippen LogP contribution in [0.25, 0.3) is 0 Å². The van der Waals surface area contributed by atoms with Crippen LogP contribution in [0.1, 0.15) is 16.7 Å². The molecule has 0 spiro atoms. The highest BCUT2D eigenvalue weighted by Gasteiger charge is 2.19. The van der Waals surface area contributed by atoms with Crippen molar-refractivity contribution in [3.63, 3.8) is 0 Å². The maximum Gasteiger partial charge on any atom is 0.338 e. The third-order valence-electron chi connectivity index (χ3n) is 3.06. The molecule has 0 saturated carbocycles. The third-order valence-corrected chi connectivity index (χ3v) is 4.25. The molecule has 1 atom stereocenters. The van der Waals surface area contributed by atoms with Crippen molar-refractivity contribution in [1.82, 2.24) is 0 Å². The van der Waals surface area contributed by atoms with Crippen molar-refractivity contribution < 1.29 is 9.09 Å². The van der Waals surface area contributed by atoms with E-state index in [1.54, 1.807) is 6.66 Å². The number of anilines is 1. The van der Waals surface area contributed by atoms with Gasteiger partial charge in [0.25, 0.3) is 0 Å². The van der Waals surface area contributed by atoms with E-state index in [9.17, 15) is 4.57 Å². The molecule has 3 nitrogen and oxygen atoms in total. The second-order valence-electron chi connectivity index (χ2n) is 5.14. The first-order chi connectivity index (χ1) is 9.37. The summed E-state index contributed by atoms with van der Waals surface area (Å²) in [5.74, 6) is 0.693. The van der Waals surface area contributed by atoms with Crippen LogP contribution in [0.4, 0.5) is 5.69 Å². The first-order valence-corrected chi connectivity index (χ1v) is 8.63. The minimum absolute atomic E-state index is 0.693. The van der Waals surface area contributed by atoms with Gasteiger partial charge in [-0.1, -0.05) is 35.9 Å². The minimum atomic E-state index is -2.96. The number of rotatable bonds is 4. The average molecular weight is 289 g/mol. The van der Waals surface area contributed by atoms with Crippen LogP contribution in [-0.4, -0.2) is 6.66 Å². The molecule has 0 bridgehead atoms. The lowest BCUT2D eigenvalue weighted by atomic mass is 10.1. The number of benzene rings is 2. The molecular formula is C16H20NO2P. The van der Waals surface area contributed by atoms with E-state index >= 15 is 0 Å². The van der Waals surface area contributed by atoms with E-state index in [-0.39, 0.29) is 0 Å². The Morgan fingerprint density at radius 1 is 0.950 bits per heavy atom. The minimum Gasteiger partial charge on any atom is -0.429 e. The molecule has 2 aromatic rings. The molecule has 0 aliphatic carbocycles. The molecule has 0 aromatic heterocycles. The fourth-order valence-corrected chi connectivity index (χ4v) is 3.30. The molecule has 106 valence electrons. The Labute approximate surface area is 120 Å². The molecule has 0 aliphatic rings. The predicted octanol–water partition coefficient (Wildman–Crippen LogP) is 4.93. The van der Waals surface area contributed by atoms with E-state index < -0.39 is 7.52 Å². The van der Waals surface area contributed by atoms with E-state index in [1.165, 1.54) is 0 Å². The first kappa shape index (κ1) is 14.7. The van der Waals surface area contributed by atoms with E-state index in [0.29, 0.717) is 5.75 Å². The van der Waals surface area contributed by atoms with Gasteiger partial charge < -0.3 is 9.61 Å². The molecule has 4 heteroatoms. The first-order valence-electron chi connectivity index (χ1n) is 6.56. The van der Waals surface area contributed by atoms with Crippen molar-refractivity contribution >= 4 is 13.2 Å². The average Bonchev–Trinajstić information content (AvgIpc) is 2.37. The van der Waals surface area contributed by atoms with Crippen LogP contribution < -0.4 is 9.61 Å². The van der Waals surface area contributed by atoms with Crippen LogP contribution in [-0.2, 0) is 4.57 Å². The van der Waals surface area contributed by atoms with Crippen molar-refractivity contribution in [2.75, 3.05) is 11.8 Å². The molecular weight excluding hydrogens is 269 g/mol. The summed E-state index contributed by atoms with van der Waals surface area (Å²) in [5.41, 5.74) is 3.93. The zero-order valence-electron chi connectivity index (χ0n) is 12.3. The second kappa shape index (κ2) is 5.72. The van der Waals surface area contributed by atoms with E-state index in [0.717, 1.165) is 22.4 Å². The zero-order valence-corrected chi connectivity index (χ0v) is 13.2. The lowest BCUT2D eigenvalue weighted by Crippen LogP contribution is -2.04. The van der Waals surface area contributed by atoms with Gasteiger partial charge in [-0.3, -0.25) is 4.57 Å². The Morgan fingerprint density at radius 3 is 2.05 bits per heavy atom. The van der Waals surface area contributed by atoms with E-state index in [2.05, 4.69) is 5.09 Å². The highest BCUT2D eigenvalue weighted by Crippen LogP contribution is 2.45. The molecule has 20 heavy (non-hydrogen) atoms. The maximum absolute atomic E-state index is 12.6. The van der Waals surface area contributed by atoms with Crippen molar-refractivity contribution in [1.29, 1.82) is 0 Å².